The SMILES string of the molecule is CCn1ncc2c(C(=O)NCCOC)cc(-c3cccs3)nc21. The van der Waals surface area contributed by atoms with E-state index in [1.807, 2.05) is 30.5 Å². The monoisotopic (exact) mass is 330 g/mol. The molecule has 0 unspecified atom stereocenters. The largest absolute Gasteiger partial charge is 0.383 e. The summed E-state index contributed by atoms with van der Waals surface area (Å²) in [5, 5.41) is 9.96. The smallest absolute Gasteiger partial charge is 0.252 e. The molecule has 3 heterocycles. The van der Waals surface area contributed by atoms with E-state index in [0.29, 0.717) is 25.3 Å². The van der Waals surface area contributed by atoms with Crippen molar-refractivity contribution in [1.82, 2.24) is 20.1 Å². The number of aryl methyl sites for hydroxylation is 1. The highest BCUT2D eigenvalue weighted by Crippen LogP contribution is 2.27. The Morgan fingerprint density at radius 3 is 3.04 bits per heavy atom. The number of carbonyl (C=O) groups excluding carboxylic acids is 1. The molecule has 7 heteroatoms. The molecule has 3 rings (SSSR count). The van der Waals surface area contributed by atoms with Crippen LogP contribution in [0.2, 0.25) is 0 Å². The second-order valence-corrected chi connectivity index (χ2v) is 5.93. The fourth-order valence-corrected chi connectivity index (χ4v) is 3.07. The minimum atomic E-state index is -0.136. The van der Waals surface area contributed by atoms with Gasteiger partial charge in [0.25, 0.3) is 5.91 Å². The fourth-order valence-electron chi connectivity index (χ4n) is 2.38. The Bertz CT molecular complexity index is 811. The van der Waals surface area contributed by atoms with Crippen LogP contribution in [-0.2, 0) is 11.3 Å². The number of carbonyl (C=O) groups is 1. The van der Waals surface area contributed by atoms with Gasteiger partial charge in [-0.05, 0) is 24.4 Å². The second-order valence-electron chi connectivity index (χ2n) is 4.98. The van der Waals surface area contributed by atoms with E-state index in [9.17, 15) is 4.79 Å². The summed E-state index contributed by atoms with van der Waals surface area (Å²) < 4.78 is 6.78. The van der Waals surface area contributed by atoms with Crippen LogP contribution in [0.3, 0.4) is 0 Å². The molecule has 0 spiro atoms. The van der Waals surface area contributed by atoms with Crippen LogP contribution in [0.5, 0.6) is 0 Å². The number of aromatic nitrogens is 3. The number of pyridine rings is 1. The van der Waals surface area contributed by atoms with Crippen LogP contribution in [0.25, 0.3) is 21.6 Å². The van der Waals surface area contributed by atoms with E-state index in [1.165, 1.54) is 0 Å². The summed E-state index contributed by atoms with van der Waals surface area (Å²) in [6.07, 6.45) is 1.70. The molecule has 120 valence electrons. The molecule has 3 aromatic rings. The molecule has 1 amide bonds. The van der Waals surface area contributed by atoms with E-state index in [-0.39, 0.29) is 5.91 Å². The zero-order chi connectivity index (χ0) is 16.2. The first-order chi connectivity index (χ1) is 11.2. The van der Waals surface area contributed by atoms with Crippen LogP contribution < -0.4 is 5.32 Å². The van der Waals surface area contributed by atoms with E-state index in [0.717, 1.165) is 21.6 Å². The zero-order valence-corrected chi connectivity index (χ0v) is 13.9. The van der Waals surface area contributed by atoms with Gasteiger partial charge < -0.3 is 10.1 Å². The van der Waals surface area contributed by atoms with E-state index in [2.05, 4.69) is 10.4 Å². The number of ether oxygens (including phenoxy) is 1. The van der Waals surface area contributed by atoms with Gasteiger partial charge in [0.1, 0.15) is 0 Å². The van der Waals surface area contributed by atoms with Gasteiger partial charge >= 0.3 is 0 Å². The number of rotatable bonds is 6. The topological polar surface area (TPSA) is 69.0 Å². The minimum Gasteiger partial charge on any atom is -0.383 e. The van der Waals surface area contributed by atoms with Crippen molar-refractivity contribution in [1.29, 1.82) is 0 Å². The molecule has 0 saturated heterocycles. The number of thiophene rings is 1. The van der Waals surface area contributed by atoms with Crippen LogP contribution in [0.1, 0.15) is 17.3 Å². The third kappa shape index (κ3) is 3.11. The Morgan fingerprint density at radius 1 is 1.48 bits per heavy atom. The summed E-state index contributed by atoms with van der Waals surface area (Å²) in [6, 6.07) is 5.80. The molecule has 0 radical (unpaired) electrons. The molecule has 23 heavy (non-hydrogen) atoms. The first-order valence-electron chi connectivity index (χ1n) is 7.42. The molecule has 0 aliphatic rings. The Hall–Kier alpha value is -2.25. The lowest BCUT2D eigenvalue weighted by Gasteiger charge is -2.08. The predicted octanol–water partition coefficient (Wildman–Crippen LogP) is 2.56. The van der Waals surface area contributed by atoms with Crippen LogP contribution in [-0.4, -0.2) is 40.9 Å². The van der Waals surface area contributed by atoms with Crippen molar-refractivity contribution in [2.24, 2.45) is 0 Å². The van der Waals surface area contributed by atoms with Crippen molar-refractivity contribution in [3.8, 4) is 10.6 Å². The van der Waals surface area contributed by atoms with Gasteiger partial charge in [0.05, 0.1) is 34.3 Å². The summed E-state index contributed by atoms with van der Waals surface area (Å²) in [5.74, 6) is -0.136. The van der Waals surface area contributed by atoms with Crippen molar-refractivity contribution >= 4 is 28.3 Å². The first-order valence-corrected chi connectivity index (χ1v) is 8.30. The van der Waals surface area contributed by atoms with Crippen LogP contribution in [0.4, 0.5) is 0 Å². The molecule has 0 aliphatic heterocycles. The molecular formula is C16H18N4O2S. The standard InChI is InChI=1S/C16H18N4O2S/c1-3-20-15-12(10-18-20)11(16(21)17-6-7-22-2)9-13(19-15)14-5-4-8-23-14/h4-5,8-10H,3,6-7H2,1-2H3,(H,17,21). The highest BCUT2D eigenvalue weighted by molar-refractivity contribution is 7.13. The average molecular weight is 330 g/mol. The van der Waals surface area contributed by atoms with Crippen LogP contribution >= 0.6 is 11.3 Å². The van der Waals surface area contributed by atoms with Gasteiger partial charge in [-0.15, -0.1) is 11.3 Å². The lowest BCUT2D eigenvalue weighted by atomic mass is 10.1. The molecule has 3 aromatic heterocycles. The molecule has 0 aliphatic carbocycles. The summed E-state index contributed by atoms with van der Waals surface area (Å²) >= 11 is 1.60. The van der Waals surface area contributed by atoms with Gasteiger partial charge in [0.2, 0.25) is 0 Å². The molecule has 0 aromatic carbocycles. The Balaban J connectivity index is 2.07. The van der Waals surface area contributed by atoms with Crippen molar-refractivity contribution in [2.75, 3.05) is 20.3 Å². The molecule has 0 atom stereocenters. The van der Waals surface area contributed by atoms with Gasteiger partial charge in [-0.3, -0.25) is 4.79 Å². The van der Waals surface area contributed by atoms with Gasteiger partial charge in [-0.2, -0.15) is 5.10 Å². The number of hydrogen-bond donors (Lipinski definition) is 1. The third-order valence-corrected chi connectivity index (χ3v) is 4.41. The summed E-state index contributed by atoms with van der Waals surface area (Å²) in [7, 11) is 1.61. The summed E-state index contributed by atoms with van der Waals surface area (Å²) in [6.45, 7) is 3.65. The summed E-state index contributed by atoms with van der Waals surface area (Å²) in [4.78, 5) is 18.2. The van der Waals surface area contributed by atoms with Crippen LogP contribution in [0, 0.1) is 0 Å². The predicted molar refractivity (Wildman–Crippen MR) is 90.7 cm³/mol. The molecular weight excluding hydrogens is 312 g/mol. The lowest BCUT2D eigenvalue weighted by Crippen LogP contribution is -2.27. The Morgan fingerprint density at radius 2 is 2.35 bits per heavy atom. The normalized spacial score (nSPS) is 11.0. The van der Waals surface area contributed by atoms with E-state index in [1.54, 1.807) is 29.3 Å². The van der Waals surface area contributed by atoms with Crippen molar-refractivity contribution in [3.05, 3.63) is 35.3 Å². The van der Waals surface area contributed by atoms with Gasteiger partial charge in [-0.25, -0.2) is 9.67 Å². The molecule has 1 N–H and O–H groups in total. The molecule has 0 fully saturated rings. The number of nitrogens with one attached hydrogen (secondary N) is 1. The number of amides is 1. The van der Waals surface area contributed by atoms with Crippen LogP contribution in [0.15, 0.2) is 29.8 Å². The number of hydrogen-bond acceptors (Lipinski definition) is 5. The fraction of sp³-hybridized carbons (Fsp3) is 0.312. The summed E-state index contributed by atoms with van der Waals surface area (Å²) in [5.41, 5.74) is 2.11. The molecule has 0 saturated carbocycles. The molecule has 6 nitrogen and oxygen atoms in total. The Kier molecular flexibility index (Phi) is 4.68. The van der Waals surface area contributed by atoms with Gasteiger partial charge in [-0.1, -0.05) is 6.07 Å². The quantitative estimate of drug-likeness (QED) is 0.705. The maximum Gasteiger partial charge on any atom is 0.252 e. The minimum absolute atomic E-state index is 0.136. The van der Waals surface area contributed by atoms with Crippen molar-refractivity contribution in [3.63, 3.8) is 0 Å². The average Bonchev–Trinajstić information content (AvgIpc) is 3.23. The highest BCUT2D eigenvalue weighted by Gasteiger charge is 2.17. The highest BCUT2D eigenvalue weighted by atomic mass is 32.1. The maximum absolute atomic E-state index is 12.5. The zero-order valence-electron chi connectivity index (χ0n) is 13.1. The van der Waals surface area contributed by atoms with E-state index in [4.69, 9.17) is 9.72 Å². The van der Waals surface area contributed by atoms with E-state index < -0.39 is 0 Å². The lowest BCUT2D eigenvalue weighted by molar-refractivity contribution is 0.0938. The molecule has 0 bridgehead atoms. The van der Waals surface area contributed by atoms with Gasteiger partial charge in [0, 0.05) is 20.2 Å². The number of nitrogens with zero attached hydrogens (tertiary/aromatic N) is 3. The number of methoxy groups -OCH3 is 1. The van der Waals surface area contributed by atoms with Crippen molar-refractivity contribution < 1.29 is 9.53 Å². The van der Waals surface area contributed by atoms with Crippen molar-refractivity contribution in [2.45, 2.75) is 13.5 Å². The van der Waals surface area contributed by atoms with Gasteiger partial charge in [0.15, 0.2) is 5.65 Å². The first kappa shape index (κ1) is 15.6. The maximum atomic E-state index is 12.5. The Labute approximate surface area is 138 Å². The number of fused-ring (bicyclic) bond motifs is 1. The van der Waals surface area contributed by atoms with E-state index >= 15 is 0 Å². The third-order valence-electron chi connectivity index (χ3n) is 3.52. The second kappa shape index (κ2) is 6.89.